The number of aromatic nitrogens is 1. The molecule has 1 aliphatic rings. The van der Waals surface area contributed by atoms with Crippen LogP contribution in [0.25, 0.3) is 11.3 Å². The molecule has 22 heavy (non-hydrogen) atoms. The number of nitrogens with zero attached hydrogens (tertiary/aromatic N) is 2. The number of halogens is 1. The number of hydrogen-bond donors (Lipinski definition) is 0. The van der Waals surface area contributed by atoms with E-state index in [-0.39, 0.29) is 13.0 Å². The van der Waals surface area contributed by atoms with Crippen LogP contribution in [0.4, 0.5) is 9.02 Å². The van der Waals surface area contributed by atoms with E-state index >= 15 is 0 Å². The topological polar surface area (TPSA) is 67.3 Å². The molecule has 3 rings (SSSR count). The molecule has 0 spiro atoms. The monoisotopic (exact) mass is 340 g/mol. The van der Waals surface area contributed by atoms with Gasteiger partial charge in [-0.05, 0) is 6.92 Å². The van der Waals surface area contributed by atoms with Gasteiger partial charge in [-0.2, -0.15) is 8.42 Å². The average molecular weight is 340 g/mol. The summed E-state index contributed by atoms with van der Waals surface area (Å²) in [6, 6.07) is 7.77. The predicted octanol–water partition coefficient (Wildman–Crippen LogP) is 2.52. The SMILES string of the molecule is Cc1ccc(-c2csc(N3CC(S(=O)(=O)F)CC3=O)n2)cc1. The molecule has 1 unspecified atom stereocenters. The largest absolute Gasteiger partial charge is 0.307 e. The maximum absolute atomic E-state index is 13.0. The Morgan fingerprint density at radius 1 is 1.32 bits per heavy atom. The second-order valence-electron chi connectivity index (χ2n) is 5.19. The maximum Gasteiger partial charge on any atom is 0.307 e. The fraction of sp³-hybridized carbons (Fsp3) is 0.286. The van der Waals surface area contributed by atoms with E-state index in [0.717, 1.165) is 11.1 Å². The van der Waals surface area contributed by atoms with Crippen molar-refractivity contribution in [2.24, 2.45) is 0 Å². The van der Waals surface area contributed by atoms with Crippen LogP contribution in [0.3, 0.4) is 0 Å². The van der Waals surface area contributed by atoms with Crippen LogP contribution in [0.2, 0.25) is 0 Å². The van der Waals surface area contributed by atoms with Gasteiger partial charge in [0.05, 0.1) is 5.69 Å². The van der Waals surface area contributed by atoms with Crippen molar-refractivity contribution in [2.75, 3.05) is 11.4 Å². The third-order valence-corrected chi connectivity index (χ3v) is 5.53. The standard InChI is InChI=1S/C14H13FN2O3S2/c1-9-2-4-10(5-3-9)12-8-21-14(16-12)17-7-11(6-13(17)18)22(15,19)20/h2-5,8,11H,6-7H2,1H3. The molecule has 5 nitrogen and oxygen atoms in total. The molecule has 0 bridgehead atoms. The second kappa shape index (κ2) is 5.44. The van der Waals surface area contributed by atoms with Crippen molar-refractivity contribution in [3.8, 4) is 11.3 Å². The molecule has 1 aromatic heterocycles. The van der Waals surface area contributed by atoms with Gasteiger partial charge >= 0.3 is 10.2 Å². The van der Waals surface area contributed by atoms with Gasteiger partial charge in [0, 0.05) is 23.9 Å². The van der Waals surface area contributed by atoms with Gasteiger partial charge in [-0.25, -0.2) is 4.98 Å². The van der Waals surface area contributed by atoms with Crippen LogP contribution in [-0.4, -0.2) is 31.1 Å². The first kappa shape index (κ1) is 15.1. The normalized spacial score (nSPS) is 18.9. The highest BCUT2D eigenvalue weighted by molar-refractivity contribution is 7.87. The third-order valence-electron chi connectivity index (χ3n) is 3.56. The molecule has 1 fully saturated rings. The van der Waals surface area contributed by atoms with Crippen molar-refractivity contribution in [1.82, 2.24) is 4.98 Å². The minimum absolute atomic E-state index is 0.182. The number of carbonyl (C=O) groups excluding carboxylic acids is 1. The summed E-state index contributed by atoms with van der Waals surface area (Å²) in [7, 11) is -4.71. The first-order chi connectivity index (χ1) is 10.3. The molecule has 0 radical (unpaired) electrons. The van der Waals surface area contributed by atoms with E-state index in [1.165, 1.54) is 16.2 Å². The number of amides is 1. The second-order valence-corrected chi connectivity index (χ2v) is 7.64. The highest BCUT2D eigenvalue weighted by Crippen LogP contribution is 2.31. The van der Waals surface area contributed by atoms with Gasteiger partial charge in [0.15, 0.2) is 5.13 Å². The Kier molecular flexibility index (Phi) is 3.73. The minimum atomic E-state index is -4.71. The number of thiazole rings is 1. The fourth-order valence-corrected chi connectivity index (χ4v) is 3.82. The number of anilines is 1. The summed E-state index contributed by atoms with van der Waals surface area (Å²) in [6.45, 7) is 1.80. The van der Waals surface area contributed by atoms with Crippen LogP contribution in [0.1, 0.15) is 12.0 Å². The Bertz CT molecular complexity index is 815. The molecule has 1 saturated heterocycles. The maximum atomic E-state index is 13.0. The molecule has 2 heterocycles. The van der Waals surface area contributed by atoms with Gasteiger partial charge in [-0.1, -0.05) is 29.8 Å². The van der Waals surface area contributed by atoms with E-state index in [2.05, 4.69) is 4.98 Å². The molecule has 1 amide bonds. The summed E-state index contributed by atoms with van der Waals surface area (Å²) in [5.74, 6) is -0.420. The summed E-state index contributed by atoms with van der Waals surface area (Å²) in [5.41, 5.74) is 2.75. The molecule has 0 aliphatic carbocycles. The molecular weight excluding hydrogens is 327 g/mol. The molecule has 8 heteroatoms. The quantitative estimate of drug-likeness (QED) is 0.805. The van der Waals surface area contributed by atoms with E-state index in [1.807, 2.05) is 31.2 Å². The van der Waals surface area contributed by atoms with Crippen molar-refractivity contribution in [3.05, 3.63) is 35.2 Å². The van der Waals surface area contributed by atoms with Gasteiger partial charge in [0.25, 0.3) is 0 Å². The van der Waals surface area contributed by atoms with Crippen molar-refractivity contribution < 1.29 is 17.1 Å². The lowest BCUT2D eigenvalue weighted by atomic mass is 10.1. The van der Waals surface area contributed by atoms with Crippen molar-refractivity contribution in [3.63, 3.8) is 0 Å². The average Bonchev–Trinajstić information content (AvgIpc) is 3.05. The van der Waals surface area contributed by atoms with Crippen LogP contribution in [0.15, 0.2) is 29.6 Å². The van der Waals surface area contributed by atoms with E-state index in [9.17, 15) is 17.1 Å². The Labute approximate surface area is 131 Å². The van der Waals surface area contributed by atoms with Crippen LogP contribution < -0.4 is 4.90 Å². The molecule has 1 atom stereocenters. The Hall–Kier alpha value is -1.80. The number of rotatable bonds is 3. The third kappa shape index (κ3) is 2.89. The van der Waals surface area contributed by atoms with E-state index in [0.29, 0.717) is 10.8 Å². The van der Waals surface area contributed by atoms with Crippen LogP contribution in [0.5, 0.6) is 0 Å². The van der Waals surface area contributed by atoms with Crippen molar-refractivity contribution in [2.45, 2.75) is 18.6 Å². The van der Waals surface area contributed by atoms with Gasteiger partial charge < -0.3 is 0 Å². The van der Waals surface area contributed by atoms with Crippen LogP contribution in [-0.2, 0) is 15.0 Å². The van der Waals surface area contributed by atoms with Crippen LogP contribution in [0, 0.1) is 6.92 Å². The first-order valence-corrected chi connectivity index (χ1v) is 8.93. The first-order valence-electron chi connectivity index (χ1n) is 6.61. The molecular formula is C14H13FN2O3S2. The highest BCUT2D eigenvalue weighted by atomic mass is 32.3. The summed E-state index contributed by atoms with van der Waals surface area (Å²) >= 11 is 1.24. The van der Waals surface area contributed by atoms with E-state index < -0.39 is 21.4 Å². The number of carbonyl (C=O) groups is 1. The number of aryl methyl sites for hydroxylation is 1. The van der Waals surface area contributed by atoms with E-state index in [1.54, 1.807) is 5.38 Å². The van der Waals surface area contributed by atoms with Gasteiger partial charge in [-0.3, -0.25) is 9.69 Å². The highest BCUT2D eigenvalue weighted by Gasteiger charge is 2.40. The molecule has 1 aliphatic heterocycles. The smallest absolute Gasteiger partial charge is 0.287 e. The molecule has 116 valence electrons. The van der Waals surface area contributed by atoms with Crippen molar-refractivity contribution in [1.29, 1.82) is 0 Å². The number of hydrogen-bond acceptors (Lipinski definition) is 5. The Morgan fingerprint density at radius 3 is 2.59 bits per heavy atom. The molecule has 0 N–H and O–H groups in total. The zero-order valence-corrected chi connectivity index (χ0v) is 13.3. The molecule has 2 aromatic rings. The summed E-state index contributed by atoms with van der Waals surface area (Å²) < 4.78 is 34.9. The lowest BCUT2D eigenvalue weighted by Crippen LogP contribution is -2.26. The zero-order valence-electron chi connectivity index (χ0n) is 11.7. The van der Waals surface area contributed by atoms with Crippen molar-refractivity contribution >= 4 is 32.6 Å². The zero-order chi connectivity index (χ0) is 15.9. The minimum Gasteiger partial charge on any atom is -0.287 e. The molecule has 1 aromatic carbocycles. The Balaban J connectivity index is 1.85. The summed E-state index contributed by atoms with van der Waals surface area (Å²) in [6.07, 6.45) is -0.335. The van der Waals surface area contributed by atoms with Gasteiger partial charge in [0.2, 0.25) is 5.91 Å². The lowest BCUT2D eigenvalue weighted by molar-refractivity contribution is -0.117. The summed E-state index contributed by atoms with van der Waals surface area (Å²) in [4.78, 5) is 17.5. The lowest BCUT2D eigenvalue weighted by Gasteiger charge is -2.11. The molecule has 0 saturated carbocycles. The fourth-order valence-electron chi connectivity index (χ4n) is 2.29. The van der Waals surface area contributed by atoms with Crippen LogP contribution >= 0.6 is 11.3 Å². The van der Waals surface area contributed by atoms with Gasteiger partial charge in [0.1, 0.15) is 5.25 Å². The summed E-state index contributed by atoms with van der Waals surface area (Å²) in [5, 5.41) is 0.892. The predicted molar refractivity (Wildman–Crippen MR) is 83.1 cm³/mol. The van der Waals surface area contributed by atoms with E-state index in [4.69, 9.17) is 0 Å². The van der Waals surface area contributed by atoms with Gasteiger partial charge in [-0.15, -0.1) is 15.2 Å². The Morgan fingerprint density at radius 2 is 2.00 bits per heavy atom. The number of benzene rings is 1.